The van der Waals surface area contributed by atoms with Gasteiger partial charge in [-0.2, -0.15) is 0 Å². The lowest BCUT2D eigenvalue weighted by atomic mass is 10.3. The zero-order valence-electron chi connectivity index (χ0n) is 11.1. The molecule has 9 nitrogen and oxygen atoms in total. The van der Waals surface area contributed by atoms with Crippen LogP contribution in [0.4, 0.5) is 5.82 Å². The highest BCUT2D eigenvalue weighted by Gasteiger charge is 2.18. The zero-order chi connectivity index (χ0) is 15.4. The first-order valence-electron chi connectivity index (χ1n) is 5.98. The molecule has 0 fully saturated rings. The molecule has 0 aromatic carbocycles. The number of aryl methyl sites for hydroxylation is 1. The molecule has 0 saturated carbocycles. The Bertz CT molecular complexity index is 682. The highest BCUT2D eigenvalue weighted by atomic mass is 16.6. The Morgan fingerprint density at radius 1 is 1.52 bits per heavy atom. The number of imidazole rings is 1. The predicted octanol–water partition coefficient (Wildman–Crippen LogP) is 1.27. The molecule has 2 aromatic heterocycles. The maximum absolute atomic E-state index is 11.0. The summed E-state index contributed by atoms with van der Waals surface area (Å²) in [6.45, 7) is 1.87. The summed E-state index contributed by atoms with van der Waals surface area (Å²) in [6.07, 6.45) is 2.52. The first-order valence-corrected chi connectivity index (χ1v) is 5.98. The van der Waals surface area contributed by atoms with E-state index in [4.69, 9.17) is 9.84 Å². The van der Waals surface area contributed by atoms with Crippen molar-refractivity contribution in [3.05, 3.63) is 46.2 Å². The van der Waals surface area contributed by atoms with Crippen molar-refractivity contribution < 1.29 is 19.6 Å². The molecule has 0 atom stereocenters. The zero-order valence-corrected chi connectivity index (χ0v) is 11.1. The molecule has 0 unspecified atom stereocenters. The number of rotatable bonds is 6. The minimum Gasteiger partial charge on any atom is -0.487 e. The molecule has 0 saturated heterocycles. The summed E-state index contributed by atoms with van der Waals surface area (Å²) >= 11 is 0. The number of ether oxygens (including phenoxy) is 1. The third-order valence-electron chi connectivity index (χ3n) is 2.77. The van der Waals surface area contributed by atoms with E-state index < -0.39 is 10.9 Å². The fourth-order valence-electron chi connectivity index (χ4n) is 1.79. The highest BCUT2D eigenvalue weighted by Crippen LogP contribution is 2.17. The number of nitro groups is 1. The topological polar surface area (TPSA) is 120 Å². The van der Waals surface area contributed by atoms with Crippen LogP contribution in [0.1, 0.15) is 16.3 Å². The van der Waals surface area contributed by atoms with Gasteiger partial charge in [0.1, 0.15) is 19.3 Å². The van der Waals surface area contributed by atoms with Crippen LogP contribution < -0.4 is 4.74 Å². The third kappa shape index (κ3) is 3.14. The van der Waals surface area contributed by atoms with E-state index >= 15 is 0 Å². The molecule has 9 heteroatoms. The first-order chi connectivity index (χ1) is 10.0. The van der Waals surface area contributed by atoms with Crippen LogP contribution >= 0.6 is 0 Å². The predicted molar refractivity (Wildman–Crippen MR) is 70.3 cm³/mol. The van der Waals surface area contributed by atoms with E-state index in [1.54, 1.807) is 13.0 Å². The van der Waals surface area contributed by atoms with Crippen molar-refractivity contribution in [1.82, 2.24) is 14.5 Å². The van der Waals surface area contributed by atoms with Gasteiger partial charge >= 0.3 is 11.8 Å². The van der Waals surface area contributed by atoms with E-state index in [0.717, 1.165) is 0 Å². The maximum Gasteiger partial charge on any atom is 0.358 e. The second-order valence-electron chi connectivity index (χ2n) is 4.08. The monoisotopic (exact) mass is 292 g/mol. The standard InChI is InChI=1S/C12H12N4O5/c1-8-14-7-10(16(19)20)15(8)5-6-21-9-3-2-4-13-11(9)12(17)18/h2-4,7H,5-6H2,1H3,(H,17,18). The average Bonchev–Trinajstić information content (AvgIpc) is 2.81. The molecule has 0 aliphatic carbocycles. The van der Waals surface area contributed by atoms with Gasteiger partial charge < -0.3 is 20.0 Å². The number of hydrogen-bond donors (Lipinski definition) is 1. The third-order valence-corrected chi connectivity index (χ3v) is 2.77. The minimum atomic E-state index is -1.20. The number of carboxylic acids is 1. The van der Waals surface area contributed by atoms with Gasteiger partial charge in [0.15, 0.2) is 17.3 Å². The fraction of sp³-hybridized carbons (Fsp3) is 0.250. The molecule has 2 rings (SSSR count). The number of hydrogen-bond acceptors (Lipinski definition) is 6. The summed E-state index contributed by atoms with van der Waals surface area (Å²) in [4.78, 5) is 28.8. The van der Waals surface area contributed by atoms with Gasteiger partial charge in [-0.15, -0.1) is 0 Å². The summed E-state index contributed by atoms with van der Waals surface area (Å²) in [5.41, 5.74) is -0.200. The van der Waals surface area contributed by atoms with Crippen molar-refractivity contribution in [3.63, 3.8) is 0 Å². The van der Waals surface area contributed by atoms with Gasteiger partial charge in [-0.25, -0.2) is 19.3 Å². The molecule has 0 aliphatic heterocycles. The normalized spacial score (nSPS) is 10.3. The summed E-state index contributed by atoms with van der Waals surface area (Å²) in [5, 5.41) is 19.8. The van der Waals surface area contributed by atoms with Gasteiger partial charge in [-0.3, -0.25) is 0 Å². The van der Waals surface area contributed by atoms with Crippen molar-refractivity contribution >= 4 is 11.8 Å². The number of nitrogens with zero attached hydrogens (tertiary/aromatic N) is 4. The van der Waals surface area contributed by atoms with Crippen molar-refractivity contribution in [1.29, 1.82) is 0 Å². The molecule has 2 aromatic rings. The van der Waals surface area contributed by atoms with Crippen LogP contribution in [-0.2, 0) is 6.54 Å². The quantitative estimate of drug-likeness (QED) is 0.628. The van der Waals surface area contributed by atoms with Crippen molar-refractivity contribution in [2.45, 2.75) is 13.5 Å². The highest BCUT2D eigenvalue weighted by molar-refractivity contribution is 5.88. The van der Waals surface area contributed by atoms with Crippen LogP contribution in [0.2, 0.25) is 0 Å². The Morgan fingerprint density at radius 3 is 2.95 bits per heavy atom. The first kappa shape index (κ1) is 14.4. The summed E-state index contributed by atoms with van der Waals surface area (Å²) in [5.74, 6) is -0.739. The molecular weight excluding hydrogens is 280 g/mol. The van der Waals surface area contributed by atoms with Gasteiger partial charge in [0.05, 0.1) is 0 Å². The van der Waals surface area contributed by atoms with E-state index in [2.05, 4.69) is 9.97 Å². The molecule has 0 spiro atoms. The second-order valence-corrected chi connectivity index (χ2v) is 4.08. The largest absolute Gasteiger partial charge is 0.487 e. The van der Waals surface area contributed by atoms with Crippen LogP contribution in [0, 0.1) is 17.0 Å². The molecule has 110 valence electrons. The Kier molecular flexibility index (Phi) is 4.12. The van der Waals surface area contributed by atoms with E-state index in [1.807, 2.05) is 0 Å². The van der Waals surface area contributed by atoms with Gasteiger partial charge in [0.2, 0.25) is 0 Å². The lowest BCUT2D eigenvalue weighted by Gasteiger charge is -2.08. The molecule has 21 heavy (non-hydrogen) atoms. The van der Waals surface area contributed by atoms with Crippen LogP contribution in [-0.4, -0.2) is 37.1 Å². The Labute approximate surface area is 119 Å². The summed E-state index contributed by atoms with van der Waals surface area (Å²) in [6, 6.07) is 3.03. The molecule has 0 bridgehead atoms. The Balaban J connectivity index is 2.07. The Morgan fingerprint density at radius 2 is 2.29 bits per heavy atom. The number of pyridine rings is 1. The SMILES string of the molecule is Cc1ncc([N+](=O)[O-])n1CCOc1cccnc1C(=O)O. The van der Waals surface area contributed by atoms with Crippen LogP contribution in [0.3, 0.4) is 0 Å². The van der Waals surface area contributed by atoms with E-state index in [-0.39, 0.29) is 30.4 Å². The van der Waals surface area contributed by atoms with Crippen LogP contribution in [0.25, 0.3) is 0 Å². The number of carbonyl (C=O) groups is 1. The molecule has 1 N–H and O–H groups in total. The average molecular weight is 292 g/mol. The van der Waals surface area contributed by atoms with Gasteiger partial charge in [0.25, 0.3) is 0 Å². The van der Waals surface area contributed by atoms with E-state index in [9.17, 15) is 14.9 Å². The van der Waals surface area contributed by atoms with Gasteiger partial charge in [-0.1, -0.05) is 0 Å². The van der Waals surface area contributed by atoms with Gasteiger partial charge in [0, 0.05) is 13.1 Å². The van der Waals surface area contributed by atoms with E-state index in [1.165, 1.54) is 23.0 Å². The smallest absolute Gasteiger partial charge is 0.358 e. The van der Waals surface area contributed by atoms with Crippen LogP contribution in [0.5, 0.6) is 5.75 Å². The maximum atomic E-state index is 11.0. The summed E-state index contributed by atoms with van der Waals surface area (Å²) in [7, 11) is 0. The minimum absolute atomic E-state index is 0.0595. The van der Waals surface area contributed by atoms with Gasteiger partial charge in [-0.05, 0) is 17.1 Å². The van der Waals surface area contributed by atoms with Crippen LogP contribution in [0.15, 0.2) is 24.5 Å². The number of carboxylic acid groups (broad SMARTS) is 1. The fourth-order valence-corrected chi connectivity index (χ4v) is 1.79. The van der Waals surface area contributed by atoms with E-state index in [0.29, 0.717) is 5.82 Å². The van der Waals surface area contributed by atoms with Crippen molar-refractivity contribution in [3.8, 4) is 5.75 Å². The number of aromatic carboxylic acids is 1. The molecule has 0 amide bonds. The lowest BCUT2D eigenvalue weighted by molar-refractivity contribution is -0.392. The molecule has 0 aliphatic rings. The molecule has 2 heterocycles. The Hall–Kier alpha value is -2.97. The number of aromatic nitrogens is 3. The lowest BCUT2D eigenvalue weighted by Crippen LogP contribution is -2.13. The molecular formula is C12H12N4O5. The van der Waals surface area contributed by atoms with Crippen molar-refractivity contribution in [2.75, 3.05) is 6.61 Å². The van der Waals surface area contributed by atoms with Crippen molar-refractivity contribution in [2.24, 2.45) is 0 Å². The second kappa shape index (κ2) is 5.99. The molecule has 0 radical (unpaired) electrons. The summed E-state index contributed by atoms with van der Waals surface area (Å²) < 4.78 is 6.73.